The number of nitrogens with one attached hydrogen (secondary N) is 2. The van der Waals surface area contributed by atoms with E-state index >= 15 is 0 Å². The highest BCUT2D eigenvalue weighted by molar-refractivity contribution is 6.07. The number of methoxy groups -OCH3 is 4. The number of carboxylic acids is 2. The van der Waals surface area contributed by atoms with Crippen LogP contribution < -0.4 is 54.8 Å². The zero-order chi connectivity index (χ0) is 84.2. The monoisotopic (exact) mass is 1650 g/mol. The summed E-state index contributed by atoms with van der Waals surface area (Å²) in [5.74, 6) is -1.87. The fraction of sp³-hybridized carbons (Fsp3) is 0.480. The number of aromatic nitrogens is 2. The summed E-state index contributed by atoms with van der Waals surface area (Å²) >= 11 is 0. The number of hydrogen-bond acceptors (Lipinski definition) is 33. The number of aliphatic hydroxyl groups is 8. The predicted molar refractivity (Wildman–Crippen MR) is 394 cm³/mol. The van der Waals surface area contributed by atoms with Gasteiger partial charge < -0.3 is 143 Å². The topological polar surface area (TPSA) is 558 Å². The van der Waals surface area contributed by atoms with Crippen LogP contribution in [0.4, 0.5) is 21.0 Å². The van der Waals surface area contributed by atoms with E-state index in [2.05, 4.69) is 28.6 Å². The largest absolute Gasteiger partial charge is 0.493 e. The lowest BCUT2D eigenvalue weighted by Crippen LogP contribution is -2.61. The molecule has 4 fully saturated rings. The molecule has 42 nitrogen and oxygen atoms in total. The van der Waals surface area contributed by atoms with Gasteiger partial charge in [-0.25, -0.2) is 34.9 Å². The number of nitrogens with zero attached hydrogens (tertiary/aromatic N) is 6. The number of nitrogens with two attached hydrogens (primary N) is 1. The van der Waals surface area contributed by atoms with Crippen LogP contribution in [0.1, 0.15) is 76.8 Å². The second kappa shape index (κ2) is 38.9. The van der Waals surface area contributed by atoms with Crippen LogP contribution >= 0.6 is 0 Å². The van der Waals surface area contributed by atoms with E-state index < -0.39 is 147 Å². The van der Waals surface area contributed by atoms with Gasteiger partial charge in [0.1, 0.15) is 80.2 Å². The first-order valence-corrected chi connectivity index (χ1v) is 36.5. The fourth-order valence-corrected chi connectivity index (χ4v) is 13.7. The van der Waals surface area contributed by atoms with Crippen molar-refractivity contribution in [3.8, 4) is 34.5 Å². The minimum atomic E-state index is -2.05. The first kappa shape index (κ1) is 86.9. The number of anilines is 2. The molecule has 4 aromatic carbocycles. The van der Waals surface area contributed by atoms with Crippen molar-refractivity contribution < 1.29 is 161 Å². The maximum atomic E-state index is 14.8. The van der Waals surface area contributed by atoms with Crippen LogP contribution in [0.5, 0.6) is 34.5 Å². The molecule has 42 heteroatoms. The molecule has 117 heavy (non-hydrogen) atoms. The van der Waals surface area contributed by atoms with Crippen molar-refractivity contribution in [3.05, 3.63) is 136 Å². The number of benzene rings is 4. The van der Waals surface area contributed by atoms with Crippen molar-refractivity contribution >= 4 is 59.1 Å². The third kappa shape index (κ3) is 19.5. The van der Waals surface area contributed by atoms with Gasteiger partial charge in [0.15, 0.2) is 47.7 Å². The van der Waals surface area contributed by atoms with Crippen molar-refractivity contribution in [2.45, 2.75) is 132 Å². The van der Waals surface area contributed by atoms with E-state index in [4.69, 9.17) is 77.3 Å². The third-order valence-corrected chi connectivity index (χ3v) is 19.7. The van der Waals surface area contributed by atoms with Crippen LogP contribution in [0.2, 0.25) is 0 Å². The fourth-order valence-electron chi connectivity index (χ4n) is 13.7. The number of hydrogen-bond donors (Lipinski definition) is 13. The van der Waals surface area contributed by atoms with E-state index in [1.807, 2.05) is 0 Å². The van der Waals surface area contributed by atoms with Gasteiger partial charge in [-0.1, -0.05) is 36.4 Å². The van der Waals surface area contributed by atoms with Gasteiger partial charge in [0.25, 0.3) is 23.6 Å². The molecule has 14 N–H and O–H groups in total. The zero-order valence-corrected chi connectivity index (χ0v) is 63.7. The minimum absolute atomic E-state index is 0.00266. The van der Waals surface area contributed by atoms with E-state index in [0.717, 1.165) is 9.80 Å². The molecule has 0 bridgehead atoms. The van der Waals surface area contributed by atoms with Crippen LogP contribution in [0.25, 0.3) is 0 Å². The Morgan fingerprint density at radius 2 is 0.957 bits per heavy atom. The summed E-state index contributed by atoms with van der Waals surface area (Å²) in [6.45, 7) is 6.99. The normalized spacial score (nSPS) is 24.1. The molecule has 4 unspecified atom stereocenters. The van der Waals surface area contributed by atoms with E-state index in [9.17, 15) is 89.4 Å². The van der Waals surface area contributed by atoms with Gasteiger partial charge >= 0.3 is 24.1 Å². The van der Waals surface area contributed by atoms with Crippen molar-refractivity contribution in [3.63, 3.8) is 0 Å². The van der Waals surface area contributed by atoms with Crippen molar-refractivity contribution in [2.24, 2.45) is 5.90 Å². The highest BCUT2D eigenvalue weighted by Gasteiger charge is 2.52. The third-order valence-electron chi connectivity index (χ3n) is 19.7. The Morgan fingerprint density at radius 3 is 1.38 bits per heavy atom. The number of carbonyl (C=O) groups is 8. The Labute approximate surface area is 666 Å². The Morgan fingerprint density at radius 1 is 0.521 bits per heavy atom. The molecule has 0 saturated carbocycles. The van der Waals surface area contributed by atoms with E-state index in [1.165, 1.54) is 104 Å². The highest BCUT2D eigenvalue weighted by Crippen LogP contribution is 2.45. The maximum absolute atomic E-state index is 14.8. The average Bonchev–Trinajstić information content (AvgIpc) is 1.61. The molecule has 0 aliphatic carbocycles. The number of amides is 6. The molecule has 0 radical (unpaired) electrons. The van der Waals surface area contributed by atoms with Crippen LogP contribution in [0.3, 0.4) is 0 Å². The highest BCUT2D eigenvalue weighted by atomic mass is 16.7. The Balaban J connectivity index is 0.864. The summed E-state index contributed by atoms with van der Waals surface area (Å²) in [4.78, 5) is 119. The van der Waals surface area contributed by atoms with Crippen LogP contribution in [-0.4, -0.2) is 305 Å². The van der Waals surface area contributed by atoms with E-state index in [1.54, 1.807) is 6.07 Å². The van der Waals surface area contributed by atoms with Crippen molar-refractivity contribution in [2.75, 3.05) is 111 Å². The first-order valence-electron chi connectivity index (χ1n) is 36.5. The zero-order valence-electron chi connectivity index (χ0n) is 63.7. The number of carboxylic acid groups (broad SMARTS) is 2. The van der Waals surface area contributed by atoms with Gasteiger partial charge in [-0.2, -0.15) is 5.10 Å². The smallest absolute Gasteiger partial charge is 0.416 e. The first-order chi connectivity index (χ1) is 56.1. The lowest BCUT2D eigenvalue weighted by molar-refractivity contribution is -0.271. The number of ether oxygens (including phenoxy) is 14. The molecular formula is C75H91N9O33. The second-order valence-electron chi connectivity index (χ2n) is 27.5. The molecule has 6 aliphatic rings. The molecule has 1 aromatic heterocycles. The average molecular weight is 1650 g/mol. The number of aliphatic carboxylic acids is 2. The van der Waals surface area contributed by atoms with E-state index in [-0.39, 0.29) is 190 Å². The molecular weight excluding hydrogens is 1550 g/mol. The van der Waals surface area contributed by atoms with Gasteiger partial charge in [-0.15, -0.1) is 0 Å². The Kier molecular flexibility index (Phi) is 28.9. The van der Waals surface area contributed by atoms with Gasteiger partial charge in [-0.3, -0.25) is 23.9 Å². The Hall–Kier alpha value is -10.9. The molecule has 6 amide bonds. The molecule has 11 rings (SSSR count). The maximum Gasteiger partial charge on any atom is 0.416 e. The summed E-state index contributed by atoms with van der Waals surface area (Å²) in [7, 11) is 5.39. The summed E-state index contributed by atoms with van der Waals surface area (Å²) < 4.78 is 81.5. The van der Waals surface area contributed by atoms with Crippen molar-refractivity contribution in [1.82, 2.24) is 30.2 Å². The number of carbonyl (C=O) groups excluding carboxylic acids is 6. The molecule has 6 aliphatic heterocycles. The molecule has 4 saturated heterocycles. The molecule has 14 atom stereocenters. The van der Waals surface area contributed by atoms with Crippen LogP contribution in [-0.2, 0) is 85.3 Å². The lowest BCUT2D eigenvalue weighted by Gasteiger charge is -2.38. The standard InChI is InChI=1S/C75H91N9O33/c1-36-21-48-68(95)83(74(101)111-32-38-7-9-50(44(23-38)64(91)77-11-14-103-3)114-72-60(89)56(85)58(87)62(116-72)70(97)98)46-28-54(52(105-5)26-42(46)66(93)80(48)30-36)109-34-40-25-41(82(79-40)13-16-107-17-18-108-19-20-113-76)35-110-55-29-47-43(27-53(55)106-6)67(94)81-31-37(2)22-49(81)69(96)84(47)75(102)112-33-39-8-10-51(45(24-39)65(92)78-12-15-104-4)115-73-61(90)57(86)59(88)63(117-73)71(99)100/h7-10,23-29,48-49,56-63,68-69,72-73,85-90,95-96H,1-2,11-22,30-35,76H2,3-6H3,(H,77,91)(H,78,92)(H,97,98)(H,99,100)/t48-,49-,56-,57-,58-,59-,60+,61+,62-,63?,68?,69?,72+,73?/m0/s1. The second-order valence-corrected chi connectivity index (χ2v) is 27.5. The quantitative estimate of drug-likeness (QED) is 0.0128. The van der Waals surface area contributed by atoms with Crippen molar-refractivity contribution in [1.29, 1.82) is 0 Å². The van der Waals surface area contributed by atoms with Gasteiger partial charge in [0, 0.05) is 52.5 Å². The van der Waals surface area contributed by atoms with Crippen LogP contribution in [0, 0.1) is 0 Å². The Bertz CT molecular complexity index is 4490. The summed E-state index contributed by atoms with van der Waals surface area (Å²) in [6, 6.07) is 12.3. The minimum Gasteiger partial charge on any atom is -0.493 e. The van der Waals surface area contributed by atoms with Gasteiger partial charge in [0.05, 0.1) is 118 Å². The summed E-state index contributed by atoms with van der Waals surface area (Å²) in [5.41, 5.74) is 0.790. The van der Waals surface area contributed by atoms with Crippen LogP contribution in [0.15, 0.2) is 91.0 Å². The number of rotatable bonds is 35. The number of aliphatic hydroxyl groups excluding tert-OH is 8. The predicted octanol–water partition coefficient (Wildman–Crippen LogP) is -1.23. The molecule has 5 aromatic rings. The van der Waals surface area contributed by atoms with Gasteiger partial charge in [-0.05, 0) is 66.4 Å². The molecule has 0 spiro atoms. The summed E-state index contributed by atoms with van der Waals surface area (Å²) in [5, 5.41) is 117. The SMILES string of the molecule is C=C1C[C@H]2C(O)N(C(=O)OCc3ccc(O[C@@H]4O[C@H](C(=O)O)[C@@H](O)[C@H](O)[C@H]4O)c(C(=O)NCCOC)c3)c3cc(OCc4cc(COc5cc6c(cc5OC)C(=O)N5CC(=C)C[C@H]5C(O)N6C(=O)OCc5ccc(OC6OC(C(=O)O)[C@@H](O)[C@H](O)[C@H]6O)c(C(=O)NCCOC)c5)n(CCOCCOCCON)n4)c(OC)cc3C(=O)N2C1. The van der Waals surface area contributed by atoms with Gasteiger partial charge in [0.2, 0.25) is 12.6 Å². The molecule has 7 heterocycles. The molecule has 634 valence electrons. The number of fused-ring (bicyclic) bond motifs is 4. The summed E-state index contributed by atoms with van der Waals surface area (Å²) in [6.07, 6.45) is -26.0. The van der Waals surface area contributed by atoms with E-state index in [0.29, 0.717) is 16.8 Å². The lowest BCUT2D eigenvalue weighted by atomic mass is 9.99.